The molecule has 0 saturated heterocycles. The van der Waals surface area contributed by atoms with Crippen molar-refractivity contribution >= 4 is 11.9 Å². The van der Waals surface area contributed by atoms with Gasteiger partial charge in [-0.15, -0.1) is 0 Å². The molecule has 1 heterocycles. The Hall–Kier alpha value is -1.82. The highest BCUT2D eigenvalue weighted by Crippen LogP contribution is 2.15. The van der Waals surface area contributed by atoms with Crippen LogP contribution in [0.2, 0.25) is 0 Å². The quantitative estimate of drug-likeness (QED) is 0.217. The first-order chi connectivity index (χ1) is 14.2. The van der Waals surface area contributed by atoms with Gasteiger partial charge in [0.05, 0.1) is 27.6 Å². The number of carbonyl (C=O) groups excluding carboxylic acids is 1. The van der Waals surface area contributed by atoms with Crippen molar-refractivity contribution < 1.29 is 28.3 Å². The second-order valence-electron chi connectivity index (χ2n) is 9.28. The summed E-state index contributed by atoms with van der Waals surface area (Å²) in [6, 6.07) is 4.20. The molecule has 0 bridgehead atoms. The lowest BCUT2D eigenvalue weighted by molar-refractivity contribution is -0.873. The number of esters is 1. The fraction of sp³-hybridized carbons (Fsp3) is 0.750. The molecule has 1 N–H and O–H groups in total. The summed E-state index contributed by atoms with van der Waals surface area (Å²) in [7, 11) is 5.87. The third-order valence-electron chi connectivity index (χ3n) is 5.00. The summed E-state index contributed by atoms with van der Waals surface area (Å²) in [5.41, 5.74) is 0. The monoisotopic (exact) mass is 424 g/mol. The van der Waals surface area contributed by atoms with Crippen molar-refractivity contribution in [1.82, 2.24) is 0 Å². The van der Waals surface area contributed by atoms with E-state index < -0.39 is 12.1 Å². The van der Waals surface area contributed by atoms with Crippen LogP contribution in [0.15, 0.2) is 16.5 Å². The molecule has 0 amide bonds. The van der Waals surface area contributed by atoms with Crippen molar-refractivity contribution in [2.75, 3.05) is 27.7 Å². The van der Waals surface area contributed by atoms with Gasteiger partial charge < -0.3 is 18.7 Å². The average molecular weight is 425 g/mol. The summed E-state index contributed by atoms with van der Waals surface area (Å²) < 4.78 is 11.9. The minimum atomic E-state index is -0.939. The van der Waals surface area contributed by atoms with Crippen molar-refractivity contribution in [3.8, 4) is 0 Å². The molecule has 1 atom stereocenters. The Morgan fingerprint density at radius 3 is 2.10 bits per heavy atom. The number of rotatable bonds is 17. The SMILES string of the molecule is CCCCCc1ccc(CCCCCCCC(=O)OC(CC(=O)O)C[N+](C)(C)C)o1. The highest BCUT2D eigenvalue weighted by Gasteiger charge is 2.24. The maximum atomic E-state index is 12.1. The average Bonchev–Trinajstić information content (AvgIpc) is 3.06. The van der Waals surface area contributed by atoms with Crippen molar-refractivity contribution in [3.63, 3.8) is 0 Å². The van der Waals surface area contributed by atoms with Crippen molar-refractivity contribution in [3.05, 3.63) is 23.7 Å². The maximum Gasteiger partial charge on any atom is 0.307 e. The Morgan fingerprint density at radius 1 is 0.967 bits per heavy atom. The predicted molar refractivity (Wildman–Crippen MR) is 118 cm³/mol. The molecule has 6 heteroatoms. The Bertz CT molecular complexity index is 617. The molecule has 0 aliphatic rings. The number of carboxylic acids is 1. The Labute approximate surface area is 182 Å². The van der Waals surface area contributed by atoms with Gasteiger partial charge in [-0.1, -0.05) is 39.0 Å². The molecule has 0 saturated carbocycles. The van der Waals surface area contributed by atoms with E-state index in [0.717, 1.165) is 56.5 Å². The zero-order valence-electron chi connectivity index (χ0n) is 19.5. The van der Waals surface area contributed by atoms with Crippen LogP contribution in [0, 0.1) is 0 Å². The summed E-state index contributed by atoms with van der Waals surface area (Å²) in [4.78, 5) is 23.1. The van der Waals surface area contributed by atoms with Crippen molar-refractivity contribution in [2.45, 2.75) is 90.1 Å². The number of ether oxygens (including phenoxy) is 1. The van der Waals surface area contributed by atoms with E-state index in [9.17, 15) is 9.59 Å². The summed E-state index contributed by atoms with van der Waals surface area (Å²) in [6.07, 6.45) is 10.4. The number of hydrogen-bond acceptors (Lipinski definition) is 4. The summed E-state index contributed by atoms with van der Waals surface area (Å²) in [5, 5.41) is 9.02. The number of carbonyl (C=O) groups is 2. The number of likely N-dealkylation sites (N-methyl/N-ethyl adjacent to an activating group) is 1. The number of aryl methyl sites for hydroxylation is 2. The van der Waals surface area contributed by atoms with Gasteiger partial charge in [-0.05, 0) is 31.4 Å². The van der Waals surface area contributed by atoms with Crippen molar-refractivity contribution in [1.29, 1.82) is 0 Å². The molecule has 0 fully saturated rings. The van der Waals surface area contributed by atoms with E-state index in [1.54, 1.807) is 0 Å². The molecule has 0 aliphatic heterocycles. The number of nitrogens with zero attached hydrogens (tertiary/aromatic N) is 1. The van der Waals surface area contributed by atoms with Gasteiger partial charge in [-0.2, -0.15) is 0 Å². The summed E-state index contributed by atoms with van der Waals surface area (Å²) in [5.74, 6) is 0.946. The Balaban J connectivity index is 2.13. The van der Waals surface area contributed by atoms with Gasteiger partial charge in [0.1, 0.15) is 18.1 Å². The molecule has 1 aromatic heterocycles. The van der Waals surface area contributed by atoms with Crippen LogP contribution in [0.1, 0.15) is 82.7 Å². The molecule has 0 aromatic carbocycles. The van der Waals surface area contributed by atoms with Crippen LogP contribution in [0.4, 0.5) is 0 Å². The van der Waals surface area contributed by atoms with Gasteiger partial charge in [0, 0.05) is 19.3 Å². The predicted octanol–water partition coefficient (Wildman–Crippen LogP) is 4.99. The first-order valence-corrected chi connectivity index (χ1v) is 11.5. The van der Waals surface area contributed by atoms with Crippen LogP contribution < -0.4 is 0 Å². The van der Waals surface area contributed by atoms with E-state index in [0.29, 0.717) is 17.4 Å². The van der Waals surface area contributed by atoms with E-state index in [1.165, 1.54) is 19.3 Å². The fourth-order valence-electron chi connectivity index (χ4n) is 3.53. The highest BCUT2D eigenvalue weighted by molar-refractivity contribution is 5.71. The molecule has 0 radical (unpaired) electrons. The smallest absolute Gasteiger partial charge is 0.307 e. The van der Waals surface area contributed by atoms with Gasteiger partial charge in [-0.3, -0.25) is 9.59 Å². The van der Waals surface area contributed by atoms with E-state index >= 15 is 0 Å². The second-order valence-corrected chi connectivity index (χ2v) is 9.28. The zero-order chi connectivity index (χ0) is 22.4. The molecule has 1 rings (SSSR count). The molecule has 1 unspecified atom stereocenters. The van der Waals surface area contributed by atoms with Gasteiger partial charge in [0.25, 0.3) is 0 Å². The van der Waals surface area contributed by atoms with E-state index in [1.807, 2.05) is 21.1 Å². The van der Waals surface area contributed by atoms with E-state index in [-0.39, 0.29) is 12.4 Å². The molecule has 30 heavy (non-hydrogen) atoms. The minimum absolute atomic E-state index is 0.144. The van der Waals surface area contributed by atoms with Gasteiger partial charge in [0.15, 0.2) is 6.10 Å². The summed E-state index contributed by atoms with van der Waals surface area (Å²) >= 11 is 0. The van der Waals surface area contributed by atoms with E-state index in [4.69, 9.17) is 14.3 Å². The van der Waals surface area contributed by atoms with Crippen LogP contribution in [-0.4, -0.2) is 55.3 Å². The largest absolute Gasteiger partial charge is 0.481 e. The Morgan fingerprint density at radius 2 is 1.53 bits per heavy atom. The summed E-state index contributed by atoms with van der Waals surface area (Å²) in [6.45, 7) is 2.70. The number of carboxylic acid groups (broad SMARTS) is 1. The first-order valence-electron chi connectivity index (χ1n) is 11.5. The molecule has 0 aliphatic carbocycles. The number of aliphatic carboxylic acids is 1. The number of furan rings is 1. The molecule has 172 valence electrons. The van der Waals surface area contributed by atoms with E-state index in [2.05, 4.69) is 19.1 Å². The van der Waals surface area contributed by atoms with Gasteiger partial charge in [-0.25, -0.2) is 0 Å². The number of unbranched alkanes of at least 4 members (excludes halogenated alkanes) is 6. The number of quaternary nitrogens is 1. The van der Waals surface area contributed by atoms with Crippen LogP contribution >= 0.6 is 0 Å². The highest BCUT2D eigenvalue weighted by atomic mass is 16.5. The van der Waals surface area contributed by atoms with Gasteiger partial charge >= 0.3 is 11.9 Å². The normalized spacial score (nSPS) is 12.7. The lowest BCUT2D eigenvalue weighted by atomic mass is 10.1. The standard InChI is InChI=1S/C24H41NO5/c1-5-6-10-13-20-16-17-21(29-20)14-11-8-7-9-12-15-24(28)30-22(18-23(26)27)19-25(2,3)4/h16-17,22H,5-15,18-19H2,1-4H3/p+1. The lowest BCUT2D eigenvalue weighted by Gasteiger charge is -2.28. The number of hydrogen-bond donors (Lipinski definition) is 1. The third kappa shape index (κ3) is 13.4. The Kier molecular flexibility index (Phi) is 12.4. The molecular formula is C24H42NO5+. The maximum absolute atomic E-state index is 12.1. The second kappa shape index (κ2) is 14.2. The fourth-order valence-corrected chi connectivity index (χ4v) is 3.53. The third-order valence-corrected chi connectivity index (χ3v) is 5.00. The van der Waals surface area contributed by atoms with Crippen LogP contribution in [0.3, 0.4) is 0 Å². The van der Waals surface area contributed by atoms with Crippen LogP contribution in [0.5, 0.6) is 0 Å². The lowest BCUT2D eigenvalue weighted by Crippen LogP contribution is -2.43. The minimum Gasteiger partial charge on any atom is -0.481 e. The topological polar surface area (TPSA) is 76.7 Å². The zero-order valence-corrected chi connectivity index (χ0v) is 19.5. The van der Waals surface area contributed by atoms with Crippen LogP contribution in [-0.2, 0) is 27.2 Å². The molecule has 0 spiro atoms. The molecular weight excluding hydrogens is 382 g/mol. The molecule has 1 aromatic rings. The van der Waals surface area contributed by atoms with Gasteiger partial charge in [0.2, 0.25) is 0 Å². The van der Waals surface area contributed by atoms with Crippen molar-refractivity contribution in [2.24, 2.45) is 0 Å². The first kappa shape index (κ1) is 26.2. The van der Waals surface area contributed by atoms with Crippen LogP contribution in [0.25, 0.3) is 0 Å². The molecule has 6 nitrogen and oxygen atoms in total.